The fourth-order valence-electron chi connectivity index (χ4n) is 4.36. The van der Waals surface area contributed by atoms with Gasteiger partial charge in [0.05, 0.1) is 31.0 Å². The molecule has 2 saturated heterocycles. The summed E-state index contributed by atoms with van der Waals surface area (Å²) >= 11 is 1.55. The quantitative estimate of drug-likeness (QED) is 0.758. The molecule has 0 aliphatic carbocycles. The number of aryl methyl sites for hydroxylation is 1. The summed E-state index contributed by atoms with van der Waals surface area (Å²) in [6.45, 7) is 8.98. The molecule has 4 rings (SSSR count). The first kappa shape index (κ1) is 17.7. The van der Waals surface area contributed by atoms with E-state index in [1.165, 1.54) is 0 Å². The van der Waals surface area contributed by atoms with Gasteiger partial charge in [-0.05, 0) is 27.7 Å². The second-order valence-electron chi connectivity index (χ2n) is 8.57. The molecule has 2 amide bonds. The highest BCUT2D eigenvalue weighted by Gasteiger charge is 2.68. The van der Waals surface area contributed by atoms with Crippen molar-refractivity contribution in [2.45, 2.75) is 51.5 Å². The Morgan fingerprint density at radius 2 is 2.23 bits per heavy atom. The first-order chi connectivity index (χ1) is 12.1. The van der Waals surface area contributed by atoms with Crippen molar-refractivity contribution in [1.82, 2.24) is 14.8 Å². The highest BCUT2D eigenvalue weighted by molar-refractivity contribution is 7.09. The van der Waals surface area contributed by atoms with Crippen LogP contribution in [-0.2, 0) is 20.9 Å². The number of hydrogen-bond acceptors (Lipinski definition) is 5. The van der Waals surface area contributed by atoms with Gasteiger partial charge in [-0.15, -0.1) is 11.3 Å². The van der Waals surface area contributed by atoms with Crippen LogP contribution in [0.2, 0.25) is 0 Å². The van der Waals surface area contributed by atoms with E-state index in [0.717, 1.165) is 10.7 Å². The van der Waals surface area contributed by atoms with Gasteiger partial charge in [0.25, 0.3) is 0 Å². The first-order valence-corrected chi connectivity index (χ1v) is 9.85. The second kappa shape index (κ2) is 5.63. The van der Waals surface area contributed by atoms with E-state index in [2.05, 4.69) is 4.98 Å². The van der Waals surface area contributed by atoms with Crippen molar-refractivity contribution in [2.75, 3.05) is 13.6 Å². The first-order valence-electron chi connectivity index (χ1n) is 8.97. The third kappa shape index (κ3) is 2.52. The van der Waals surface area contributed by atoms with Crippen molar-refractivity contribution in [2.24, 2.45) is 11.8 Å². The summed E-state index contributed by atoms with van der Waals surface area (Å²) in [5.74, 6) is -0.889. The predicted octanol–water partition coefficient (Wildman–Crippen LogP) is 1.99. The molecule has 3 aliphatic rings. The summed E-state index contributed by atoms with van der Waals surface area (Å²) in [4.78, 5) is 34.3. The maximum atomic E-state index is 13.2. The number of aromatic nitrogens is 1. The predicted molar refractivity (Wildman–Crippen MR) is 98.5 cm³/mol. The molecular weight excluding hydrogens is 350 g/mol. The van der Waals surface area contributed by atoms with Crippen LogP contribution in [0.5, 0.6) is 0 Å². The fourth-order valence-corrected chi connectivity index (χ4v) is 5.18. The third-order valence-electron chi connectivity index (χ3n) is 5.61. The topological polar surface area (TPSA) is 62.7 Å². The average molecular weight is 375 g/mol. The number of likely N-dealkylation sites (tertiary alicyclic amines) is 1. The van der Waals surface area contributed by atoms with E-state index in [1.54, 1.807) is 23.3 Å². The molecule has 1 aromatic heterocycles. The van der Waals surface area contributed by atoms with E-state index in [-0.39, 0.29) is 23.5 Å². The number of nitrogens with zero attached hydrogens (tertiary/aromatic N) is 3. The molecule has 6 nitrogen and oxygen atoms in total. The lowest BCUT2D eigenvalue weighted by Gasteiger charge is -2.34. The molecule has 140 valence electrons. The highest BCUT2D eigenvalue weighted by atomic mass is 32.1. The van der Waals surface area contributed by atoms with Crippen LogP contribution in [0.15, 0.2) is 17.5 Å². The SMILES string of the molecule is Cc1csc(CN(C)C(=O)C2C3C(=O)N(C(C)(C)C)C[C@]34C=C[C@H]2O4)n1. The molecular formula is C19H25N3O3S. The Bertz CT molecular complexity index is 796. The summed E-state index contributed by atoms with van der Waals surface area (Å²) in [5, 5.41) is 2.88. The largest absolute Gasteiger partial charge is 0.360 e. The van der Waals surface area contributed by atoms with Crippen molar-refractivity contribution in [3.8, 4) is 0 Å². The van der Waals surface area contributed by atoms with E-state index in [9.17, 15) is 9.59 Å². The molecule has 4 heterocycles. The Morgan fingerprint density at radius 1 is 1.50 bits per heavy atom. The van der Waals surface area contributed by atoms with Crippen LogP contribution < -0.4 is 0 Å². The Morgan fingerprint density at radius 3 is 2.85 bits per heavy atom. The summed E-state index contributed by atoms with van der Waals surface area (Å²) < 4.78 is 6.18. The summed E-state index contributed by atoms with van der Waals surface area (Å²) in [6.07, 6.45) is 3.65. The number of rotatable bonds is 3. The van der Waals surface area contributed by atoms with Crippen LogP contribution in [0, 0.1) is 18.8 Å². The zero-order valence-electron chi connectivity index (χ0n) is 15.9. The molecule has 2 fully saturated rings. The fraction of sp³-hybridized carbons (Fsp3) is 0.632. The lowest BCUT2D eigenvalue weighted by molar-refractivity contribution is -0.144. The number of carbonyl (C=O) groups excluding carboxylic acids is 2. The highest BCUT2D eigenvalue weighted by Crippen LogP contribution is 2.53. The second-order valence-corrected chi connectivity index (χ2v) is 9.51. The molecule has 7 heteroatoms. The number of amides is 2. The molecule has 0 aromatic carbocycles. The van der Waals surface area contributed by atoms with Gasteiger partial charge in [-0.1, -0.05) is 12.2 Å². The van der Waals surface area contributed by atoms with E-state index in [1.807, 2.05) is 50.1 Å². The van der Waals surface area contributed by atoms with Crippen molar-refractivity contribution in [3.05, 3.63) is 28.2 Å². The minimum atomic E-state index is -0.645. The summed E-state index contributed by atoms with van der Waals surface area (Å²) in [6, 6.07) is 0. The van der Waals surface area contributed by atoms with Crippen LogP contribution in [0.4, 0.5) is 0 Å². The minimum absolute atomic E-state index is 0.0289. The van der Waals surface area contributed by atoms with E-state index >= 15 is 0 Å². The standard InChI is InChI=1S/C19H25N3O3S/c1-11-9-26-13(20-11)8-21(5)16(23)14-12-6-7-19(25-12)10-22(18(2,3)4)17(24)15(14)19/h6-7,9,12,14-15H,8,10H2,1-5H3/t12-,14?,15?,19-/m1/s1. The third-order valence-corrected chi connectivity index (χ3v) is 6.56. The van der Waals surface area contributed by atoms with E-state index in [0.29, 0.717) is 13.1 Å². The van der Waals surface area contributed by atoms with Gasteiger partial charge in [-0.3, -0.25) is 9.59 Å². The van der Waals surface area contributed by atoms with Crippen molar-refractivity contribution in [3.63, 3.8) is 0 Å². The zero-order valence-corrected chi connectivity index (χ0v) is 16.7. The van der Waals surface area contributed by atoms with Gasteiger partial charge in [-0.25, -0.2) is 4.98 Å². The Hall–Kier alpha value is -1.73. The minimum Gasteiger partial charge on any atom is -0.360 e. The van der Waals surface area contributed by atoms with Gasteiger partial charge in [0.15, 0.2) is 0 Å². The van der Waals surface area contributed by atoms with Crippen LogP contribution in [-0.4, -0.2) is 57.4 Å². The Balaban J connectivity index is 1.58. The normalized spacial score (nSPS) is 32.4. The molecule has 0 saturated carbocycles. The molecule has 2 unspecified atom stereocenters. The number of hydrogen-bond donors (Lipinski definition) is 0. The molecule has 3 aliphatic heterocycles. The van der Waals surface area contributed by atoms with Crippen LogP contribution >= 0.6 is 11.3 Å². The maximum Gasteiger partial charge on any atom is 0.230 e. The Labute approximate surface area is 157 Å². The van der Waals surface area contributed by atoms with Crippen molar-refractivity contribution >= 4 is 23.2 Å². The zero-order chi connectivity index (χ0) is 18.9. The number of thiazole rings is 1. The van der Waals surface area contributed by atoms with Gasteiger partial charge in [-0.2, -0.15) is 0 Å². The molecule has 0 N–H and O–H groups in total. The summed E-state index contributed by atoms with van der Waals surface area (Å²) in [5.41, 5.74) is 0.0277. The smallest absolute Gasteiger partial charge is 0.230 e. The monoisotopic (exact) mass is 375 g/mol. The van der Waals surface area contributed by atoms with Gasteiger partial charge in [0, 0.05) is 23.7 Å². The van der Waals surface area contributed by atoms with Gasteiger partial charge in [0.1, 0.15) is 10.6 Å². The van der Waals surface area contributed by atoms with Crippen molar-refractivity contribution in [1.29, 1.82) is 0 Å². The number of fused-ring (bicyclic) bond motifs is 1. The van der Waals surface area contributed by atoms with Gasteiger partial charge < -0.3 is 14.5 Å². The molecule has 1 aromatic rings. The van der Waals surface area contributed by atoms with Crippen LogP contribution in [0.3, 0.4) is 0 Å². The summed E-state index contributed by atoms with van der Waals surface area (Å²) in [7, 11) is 1.78. The molecule has 1 spiro atoms. The van der Waals surface area contributed by atoms with Crippen molar-refractivity contribution < 1.29 is 14.3 Å². The molecule has 4 atom stereocenters. The average Bonchev–Trinajstić information content (AvgIpc) is 3.27. The van der Waals surface area contributed by atoms with E-state index in [4.69, 9.17) is 4.74 Å². The van der Waals surface area contributed by atoms with Gasteiger partial charge >= 0.3 is 0 Å². The van der Waals surface area contributed by atoms with Gasteiger partial charge in [0.2, 0.25) is 11.8 Å². The van der Waals surface area contributed by atoms with Crippen LogP contribution in [0.1, 0.15) is 31.5 Å². The number of ether oxygens (including phenoxy) is 1. The Kier molecular flexibility index (Phi) is 3.83. The van der Waals surface area contributed by atoms with E-state index < -0.39 is 17.4 Å². The lowest BCUT2D eigenvalue weighted by Crippen LogP contribution is -2.47. The molecule has 0 radical (unpaired) electrons. The lowest BCUT2D eigenvalue weighted by atomic mass is 9.76. The number of carbonyl (C=O) groups is 2. The molecule has 2 bridgehead atoms. The maximum absolute atomic E-state index is 13.2. The molecule has 26 heavy (non-hydrogen) atoms. The van der Waals surface area contributed by atoms with Crippen LogP contribution in [0.25, 0.3) is 0 Å².